The highest BCUT2D eigenvalue weighted by Gasteiger charge is 2.43. The highest BCUT2D eigenvalue weighted by atomic mass is 19.4. The highest BCUT2D eigenvalue weighted by Crippen LogP contribution is 2.38. The number of halogens is 3. The van der Waals surface area contributed by atoms with Crippen LogP contribution in [0.5, 0.6) is 0 Å². The summed E-state index contributed by atoms with van der Waals surface area (Å²) in [5, 5.41) is 7.43. The Labute approximate surface area is 166 Å². The van der Waals surface area contributed by atoms with Gasteiger partial charge in [0.15, 0.2) is 5.78 Å². The van der Waals surface area contributed by atoms with Crippen molar-refractivity contribution < 1.29 is 18.0 Å². The number of nitrogens with zero attached hydrogens (tertiary/aromatic N) is 2. The molecule has 1 atom stereocenters. The van der Waals surface area contributed by atoms with Gasteiger partial charge < -0.3 is 5.32 Å². The molecular formula is C22H20F3N3O. The van der Waals surface area contributed by atoms with E-state index in [0.717, 1.165) is 23.5 Å². The Balaban J connectivity index is 1.68. The smallest absolute Gasteiger partial charge is 0.374 e. The normalized spacial score (nSPS) is 18.4. The van der Waals surface area contributed by atoms with Gasteiger partial charge in [0.1, 0.15) is 0 Å². The van der Waals surface area contributed by atoms with Gasteiger partial charge in [-0.05, 0) is 42.2 Å². The lowest BCUT2D eigenvalue weighted by Gasteiger charge is -2.38. The number of ketones is 1. The van der Waals surface area contributed by atoms with Gasteiger partial charge in [-0.3, -0.25) is 4.79 Å². The lowest BCUT2D eigenvalue weighted by atomic mass is 9.72. The summed E-state index contributed by atoms with van der Waals surface area (Å²) in [6.45, 7) is 3.86. The number of anilines is 1. The Morgan fingerprint density at radius 1 is 1.10 bits per heavy atom. The van der Waals surface area contributed by atoms with Crippen molar-refractivity contribution in [1.29, 1.82) is 0 Å². The molecule has 0 bridgehead atoms. The van der Waals surface area contributed by atoms with Gasteiger partial charge in [-0.2, -0.15) is 18.3 Å². The number of fused-ring (bicyclic) bond motifs is 1. The summed E-state index contributed by atoms with van der Waals surface area (Å²) in [4.78, 5) is 13.2. The molecule has 2 aromatic carbocycles. The first-order valence-electron chi connectivity index (χ1n) is 9.27. The predicted octanol–water partition coefficient (Wildman–Crippen LogP) is 5.14. The fraction of sp³-hybridized carbons (Fsp3) is 0.273. The molecule has 0 spiro atoms. The number of rotatable bonds is 3. The summed E-state index contributed by atoms with van der Waals surface area (Å²) in [6.07, 6.45) is -2.34. The number of aromatic nitrogens is 2. The minimum atomic E-state index is -4.44. The second kappa shape index (κ2) is 6.76. The Morgan fingerprint density at radius 3 is 2.52 bits per heavy atom. The van der Waals surface area contributed by atoms with Crippen molar-refractivity contribution in [2.45, 2.75) is 32.5 Å². The van der Waals surface area contributed by atoms with E-state index in [9.17, 15) is 18.0 Å². The highest BCUT2D eigenvalue weighted by molar-refractivity contribution is 6.04. The molecule has 0 radical (unpaired) electrons. The summed E-state index contributed by atoms with van der Waals surface area (Å²) in [6, 6.07) is 13.8. The zero-order chi connectivity index (χ0) is 20.8. The molecule has 0 saturated carbocycles. The Kier molecular flexibility index (Phi) is 4.48. The van der Waals surface area contributed by atoms with Crippen molar-refractivity contribution in [3.63, 3.8) is 0 Å². The number of para-hydroxylation sites is 1. The fourth-order valence-corrected chi connectivity index (χ4v) is 3.80. The first-order valence-corrected chi connectivity index (χ1v) is 9.27. The second-order valence-electron chi connectivity index (χ2n) is 7.94. The van der Waals surface area contributed by atoms with Crippen LogP contribution >= 0.6 is 0 Å². The summed E-state index contributed by atoms with van der Waals surface area (Å²) >= 11 is 0. The molecule has 29 heavy (non-hydrogen) atoms. The summed E-state index contributed by atoms with van der Waals surface area (Å²) in [5.74, 6) is -0.171. The van der Waals surface area contributed by atoms with E-state index in [2.05, 4.69) is 10.4 Å². The van der Waals surface area contributed by atoms with Crippen LogP contribution in [-0.4, -0.2) is 21.6 Å². The topological polar surface area (TPSA) is 46.9 Å². The number of hydrogen-bond donors (Lipinski definition) is 1. The molecule has 0 saturated heterocycles. The molecule has 150 valence electrons. The van der Waals surface area contributed by atoms with Crippen LogP contribution in [0.3, 0.4) is 0 Å². The molecule has 0 amide bonds. The van der Waals surface area contributed by atoms with Crippen molar-refractivity contribution in [2.75, 3.05) is 5.32 Å². The average molecular weight is 399 g/mol. The summed E-state index contributed by atoms with van der Waals surface area (Å²) in [5.41, 5.74) is 1.17. The SMILES string of the molecule is CC1(C)Cc2c(cnn2-c2ccccc2)C(=O)C1Nc1cccc(C(F)(F)F)c1. The molecule has 1 aliphatic rings. The standard InChI is InChI=1S/C22H20F3N3O/c1-21(2)12-18-17(13-26-28(18)16-9-4-3-5-10-16)19(29)20(21)27-15-8-6-7-14(11-15)22(23,24)25/h3-11,13,20,27H,12H2,1-2H3. The molecular weight excluding hydrogens is 379 g/mol. The molecule has 0 aliphatic heterocycles. The van der Waals surface area contributed by atoms with Crippen LogP contribution in [0.1, 0.15) is 35.5 Å². The average Bonchev–Trinajstić information content (AvgIpc) is 3.08. The van der Waals surface area contributed by atoms with Crippen molar-refractivity contribution in [3.8, 4) is 5.69 Å². The van der Waals surface area contributed by atoms with E-state index in [1.807, 2.05) is 44.2 Å². The minimum absolute atomic E-state index is 0.171. The zero-order valence-electron chi connectivity index (χ0n) is 16.0. The van der Waals surface area contributed by atoms with Crippen LogP contribution in [0, 0.1) is 5.41 Å². The van der Waals surface area contributed by atoms with E-state index in [1.54, 1.807) is 16.9 Å². The number of benzene rings is 2. The molecule has 3 aromatic rings. The van der Waals surface area contributed by atoms with E-state index in [4.69, 9.17) is 0 Å². The molecule has 1 aromatic heterocycles. The van der Waals surface area contributed by atoms with Gasteiger partial charge >= 0.3 is 6.18 Å². The molecule has 4 rings (SSSR count). The van der Waals surface area contributed by atoms with Crippen LogP contribution in [0.25, 0.3) is 5.69 Å². The lowest BCUT2D eigenvalue weighted by molar-refractivity contribution is -0.137. The molecule has 1 N–H and O–H groups in total. The van der Waals surface area contributed by atoms with Crippen molar-refractivity contribution in [2.24, 2.45) is 5.41 Å². The van der Waals surface area contributed by atoms with Crippen molar-refractivity contribution >= 4 is 11.5 Å². The third-order valence-corrected chi connectivity index (χ3v) is 5.30. The maximum absolute atomic E-state index is 13.2. The summed E-state index contributed by atoms with van der Waals surface area (Å²) in [7, 11) is 0. The van der Waals surface area contributed by atoms with Crippen LogP contribution < -0.4 is 5.32 Å². The lowest BCUT2D eigenvalue weighted by Crippen LogP contribution is -2.48. The molecule has 1 aliphatic carbocycles. The largest absolute Gasteiger partial charge is 0.416 e. The van der Waals surface area contributed by atoms with E-state index in [0.29, 0.717) is 12.0 Å². The van der Waals surface area contributed by atoms with Crippen LogP contribution in [0.4, 0.5) is 18.9 Å². The fourth-order valence-electron chi connectivity index (χ4n) is 3.80. The number of nitrogens with one attached hydrogen (secondary N) is 1. The molecule has 1 heterocycles. The van der Waals surface area contributed by atoms with Crippen molar-refractivity contribution in [1.82, 2.24) is 9.78 Å². The Hall–Kier alpha value is -3.09. The zero-order valence-corrected chi connectivity index (χ0v) is 16.0. The predicted molar refractivity (Wildman–Crippen MR) is 104 cm³/mol. The molecule has 7 heteroatoms. The first-order chi connectivity index (χ1) is 13.7. The second-order valence-corrected chi connectivity index (χ2v) is 7.94. The number of Topliss-reactive ketones (excluding diaryl/α,β-unsaturated/α-hetero) is 1. The molecule has 1 unspecified atom stereocenters. The third-order valence-electron chi connectivity index (χ3n) is 5.30. The molecule has 0 fully saturated rings. The minimum Gasteiger partial charge on any atom is -0.374 e. The van der Waals surface area contributed by atoms with Gasteiger partial charge in [0.25, 0.3) is 0 Å². The number of carbonyl (C=O) groups is 1. The third kappa shape index (κ3) is 3.52. The first kappa shape index (κ1) is 19.2. The van der Waals surface area contributed by atoms with Gasteiger partial charge in [0.05, 0.1) is 34.7 Å². The van der Waals surface area contributed by atoms with Gasteiger partial charge in [-0.1, -0.05) is 38.1 Å². The van der Waals surface area contributed by atoms with Crippen molar-refractivity contribution in [3.05, 3.63) is 77.6 Å². The number of carbonyl (C=O) groups excluding carboxylic acids is 1. The van der Waals surface area contributed by atoms with E-state index >= 15 is 0 Å². The van der Waals surface area contributed by atoms with E-state index < -0.39 is 23.2 Å². The molecule has 4 nitrogen and oxygen atoms in total. The van der Waals surface area contributed by atoms with Crippen LogP contribution in [0.15, 0.2) is 60.8 Å². The van der Waals surface area contributed by atoms with Crippen LogP contribution in [0.2, 0.25) is 0 Å². The van der Waals surface area contributed by atoms with E-state index in [1.165, 1.54) is 6.07 Å². The Bertz CT molecular complexity index is 1050. The number of hydrogen-bond acceptors (Lipinski definition) is 3. The monoisotopic (exact) mass is 399 g/mol. The van der Waals surface area contributed by atoms with Gasteiger partial charge in [0, 0.05) is 5.69 Å². The van der Waals surface area contributed by atoms with Crippen LogP contribution in [-0.2, 0) is 12.6 Å². The maximum atomic E-state index is 13.2. The van der Waals surface area contributed by atoms with Gasteiger partial charge in [-0.25, -0.2) is 4.68 Å². The quantitative estimate of drug-likeness (QED) is 0.664. The Morgan fingerprint density at radius 2 is 1.83 bits per heavy atom. The number of alkyl halides is 3. The van der Waals surface area contributed by atoms with E-state index in [-0.39, 0.29) is 11.5 Å². The maximum Gasteiger partial charge on any atom is 0.416 e. The van der Waals surface area contributed by atoms with Gasteiger partial charge in [0.2, 0.25) is 0 Å². The van der Waals surface area contributed by atoms with Gasteiger partial charge in [-0.15, -0.1) is 0 Å². The summed E-state index contributed by atoms with van der Waals surface area (Å²) < 4.78 is 40.9.